The van der Waals surface area contributed by atoms with Gasteiger partial charge in [0.15, 0.2) is 0 Å². The van der Waals surface area contributed by atoms with Crippen LogP contribution in [0.1, 0.15) is 10.5 Å². The Kier molecular flexibility index (Phi) is 6.08. The van der Waals surface area contributed by atoms with Crippen molar-refractivity contribution < 1.29 is 14.6 Å². The van der Waals surface area contributed by atoms with Crippen LogP contribution in [0.5, 0.6) is 5.75 Å². The lowest BCUT2D eigenvalue weighted by molar-refractivity contribution is 0.0845. The Morgan fingerprint density at radius 3 is 2.59 bits per heavy atom. The Balaban J connectivity index is 1.73. The van der Waals surface area contributed by atoms with E-state index < -0.39 is 12.0 Å². The summed E-state index contributed by atoms with van der Waals surface area (Å²) in [5.41, 5.74) is 3.82. The van der Waals surface area contributed by atoms with E-state index in [0.29, 0.717) is 16.5 Å². The largest absolute Gasteiger partial charge is 0.491 e. The summed E-state index contributed by atoms with van der Waals surface area (Å²) in [6, 6.07) is 17.9. The van der Waals surface area contributed by atoms with Gasteiger partial charge in [0.1, 0.15) is 24.2 Å². The second-order valence-electron chi connectivity index (χ2n) is 5.86. The first-order valence-corrected chi connectivity index (χ1v) is 8.65. The van der Waals surface area contributed by atoms with Crippen molar-refractivity contribution >= 4 is 17.5 Å². The lowest BCUT2D eigenvalue weighted by Crippen LogP contribution is -2.33. The lowest BCUT2D eigenvalue weighted by Gasteiger charge is -2.14. The van der Waals surface area contributed by atoms with Crippen LogP contribution in [0.3, 0.4) is 0 Å². The summed E-state index contributed by atoms with van der Waals surface area (Å²) in [7, 11) is 0. The van der Waals surface area contributed by atoms with Crippen LogP contribution in [-0.4, -0.2) is 33.5 Å². The Morgan fingerprint density at radius 1 is 1.22 bits per heavy atom. The summed E-state index contributed by atoms with van der Waals surface area (Å²) < 4.78 is 6.96. The highest BCUT2D eigenvalue weighted by Crippen LogP contribution is 2.20. The molecule has 0 spiro atoms. The van der Waals surface area contributed by atoms with E-state index in [4.69, 9.17) is 22.2 Å². The topological polar surface area (TPSA) is 102 Å². The highest BCUT2D eigenvalue weighted by atomic mass is 35.5. The Bertz CT molecular complexity index is 897. The molecule has 0 aliphatic heterocycles. The van der Waals surface area contributed by atoms with Gasteiger partial charge in [-0.2, -0.15) is 5.10 Å². The molecule has 27 heavy (non-hydrogen) atoms. The number of amides is 1. The number of halogens is 1. The monoisotopic (exact) mass is 386 g/mol. The molecule has 2 aromatic carbocycles. The van der Waals surface area contributed by atoms with Gasteiger partial charge in [-0.1, -0.05) is 41.9 Å². The van der Waals surface area contributed by atoms with E-state index in [9.17, 15) is 9.90 Å². The molecule has 1 unspecified atom stereocenters. The molecular weight excluding hydrogens is 368 g/mol. The number of hydrazine groups is 1. The maximum absolute atomic E-state index is 12.0. The molecule has 4 N–H and O–H groups in total. The second kappa shape index (κ2) is 8.68. The molecule has 7 nitrogen and oxygen atoms in total. The van der Waals surface area contributed by atoms with Gasteiger partial charge in [0.2, 0.25) is 0 Å². The lowest BCUT2D eigenvalue weighted by atomic mass is 10.1. The Labute approximate surface area is 161 Å². The highest BCUT2D eigenvalue weighted by molar-refractivity contribution is 6.30. The van der Waals surface area contributed by atoms with Crippen molar-refractivity contribution in [2.24, 2.45) is 5.84 Å². The molecule has 0 radical (unpaired) electrons. The predicted molar refractivity (Wildman–Crippen MR) is 102 cm³/mol. The maximum atomic E-state index is 12.0. The summed E-state index contributed by atoms with van der Waals surface area (Å²) >= 11 is 5.83. The number of nitrogens with two attached hydrogens (primary N) is 1. The van der Waals surface area contributed by atoms with Crippen LogP contribution >= 0.6 is 11.6 Å². The maximum Gasteiger partial charge on any atom is 0.283 e. The van der Waals surface area contributed by atoms with Gasteiger partial charge in [-0.3, -0.25) is 14.9 Å². The summed E-state index contributed by atoms with van der Waals surface area (Å²) in [6.07, 6.45) is -0.881. The van der Waals surface area contributed by atoms with Gasteiger partial charge in [-0.15, -0.1) is 0 Å². The van der Waals surface area contributed by atoms with Gasteiger partial charge < -0.3 is 9.84 Å². The molecule has 0 bridgehead atoms. The minimum atomic E-state index is -0.881. The number of hydrogen-bond acceptors (Lipinski definition) is 5. The average molecular weight is 387 g/mol. The zero-order valence-corrected chi connectivity index (χ0v) is 15.1. The van der Waals surface area contributed by atoms with Gasteiger partial charge in [0, 0.05) is 10.6 Å². The van der Waals surface area contributed by atoms with Crippen molar-refractivity contribution in [3.8, 4) is 17.0 Å². The Morgan fingerprint density at radius 2 is 1.93 bits per heavy atom. The minimum Gasteiger partial charge on any atom is -0.491 e. The predicted octanol–water partition coefficient (Wildman–Crippen LogP) is 2.25. The fraction of sp³-hybridized carbons (Fsp3) is 0.158. The number of nitrogens with zero attached hydrogens (tertiary/aromatic N) is 2. The fourth-order valence-corrected chi connectivity index (χ4v) is 2.66. The standard InChI is InChI=1S/C19H19ClN4O3/c20-14-6-8-16(9-7-14)27-12-15(25)11-24-18(19(26)22-21)10-17(23-24)13-4-2-1-3-5-13/h1-10,15,25H,11-12,21H2,(H,22,26). The van der Waals surface area contributed by atoms with E-state index in [0.717, 1.165) is 5.56 Å². The van der Waals surface area contributed by atoms with Crippen molar-refractivity contribution in [2.45, 2.75) is 12.6 Å². The number of carbonyl (C=O) groups is 1. The summed E-state index contributed by atoms with van der Waals surface area (Å²) in [5, 5.41) is 15.3. The van der Waals surface area contributed by atoms with Gasteiger partial charge >= 0.3 is 0 Å². The smallest absolute Gasteiger partial charge is 0.283 e. The molecule has 0 aliphatic rings. The van der Waals surface area contributed by atoms with Crippen molar-refractivity contribution in [3.63, 3.8) is 0 Å². The van der Waals surface area contributed by atoms with Gasteiger partial charge in [0.05, 0.1) is 12.2 Å². The van der Waals surface area contributed by atoms with Gasteiger partial charge in [-0.25, -0.2) is 5.84 Å². The number of rotatable bonds is 7. The molecule has 0 saturated carbocycles. The van der Waals surface area contributed by atoms with Gasteiger partial charge in [0.25, 0.3) is 5.91 Å². The highest BCUT2D eigenvalue weighted by Gasteiger charge is 2.18. The first-order valence-electron chi connectivity index (χ1n) is 8.27. The van der Waals surface area contributed by atoms with Crippen LogP contribution in [-0.2, 0) is 6.54 Å². The molecule has 0 fully saturated rings. The molecule has 1 amide bonds. The third kappa shape index (κ3) is 4.85. The molecule has 0 aliphatic carbocycles. The van der Waals surface area contributed by atoms with Crippen molar-refractivity contribution in [3.05, 3.63) is 71.4 Å². The Hall–Kier alpha value is -2.87. The van der Waals surface area contributed by atoms with E-state index in [-0.39, 0.29) is 18.8 Å². The van der Waals surface area contributed by atoms with Crippen molar-refractivity contribution in [1.29, 1.82) is 0 Å². The quantitative estimate of drug-likeness (QED) is 0.328. The van der Waals surface area contributed by atoms with Crippen LogP contribution in [0.2, 0.25) is 5.02 Å². The van der Waals surface area contributed by atoms with Crippen LogP contribution < -0.4 is 16.0 Å². The third-order valence-electron chi connectivity index (χ3n) is 3.85. The first-order chi connectivity index (χ1) is 13.1. The molecule has 140 valence electrons. The average Bonchev–Trinajstić information content (AvgIpc) is 3.11. The number of benzene rings is 2. The zero-order chi connectivity index (χ0) is 19.2. The van der Waals surface area contributed by atoms with Crippen molar-refractivity contribution in [2.75, 3.05) is 6.61 Å². The van der Waals surface area contributed by atoms with Crippen LogP contribution in [0.15, 0.2) is 60.7 Å². The minimum absolute atomic E-state index is 0.0336. The number of nitrogens with one attached hydrogen (secondary N) is 1. The third-order valence-corrected chi connectivity index (χ3v) is 4.10. The second-order valence-corrected chi connectivity index (χ2v) is 6.29. The molecule has 1 heterocycles. The SMILES string of the molecule is NNC(=O)c1cc(-c2ccccc2)nn1CC(O)COc1ccc(Cl)cc1. The summed E-state index contributed by atoms with van der Waals surface area (Å²) in [4.78, 5) is 12.0. The zero-order valence-electron chi connectivity index (χ0n) is 14.4. The van der Waals surface area contributed by atoms with Crippen LogP contribution in [0, 0.1) is 0 Å². The van der Waals surface area contributed by atoms with E-state index in [1.54, 1.807) is 30.3 Å². The number of hydrogen-bond donors (Lipinski definition) is 3. The van der Waals surface area contributed by atoms with E-state index in [2.05, 4.69) is 10.5 Å². The van der Waals surface area contributed by atoms with Crippen molar-refractivity contribution in [1.82, 2.24) is 15.2 Å². The van der Waals surface area contributed by atoms with Crippen LogP contribution in [0.4, 0.5) is 0 Å². The first kappa shape index (κ1) is 18.9. The van der Waals surface area contributed by atoms with E-state index >= 15 is 0 Å². The fourth-order valence-electron chi connectivity index (χ4n) is 2.54. The number of aliphatic hydroxyl groups is 1. The number of aromatic nitrogens is 2. The number of aliphatic hydroxyl groups excluding tert-OH is 1. The molecule has 8 heteroatoms. The molecule has 3 aromatic rings. The molecule has 1 atom stereocenters. The van der Waals surface area contributed by atoms with Gasteiger partial charge in [-0.05, 0) is 30.3 Å². The van der Waals surface area contributed by atoms with Crippen LogP contribution in [0.25, 0.3) is 11.3 Å². The molecule has 3 rings (SSSR count). The number of ether oxygens (including phenoxy) is 1. The molecule has 0 saturated heterocycles. The molecule has 1 aromatic heterocycles. The molecular formula is C19H19ClN4O3. The van der Waals surface area contributed by atoms with E-state index in [1.165, 1.54) is 4.68 Å². The number of nitrogen functional groups attached to an aromatic ring is 1. The summed E-state index contributed by atoms with van der Waals surface area (Å²) in [6.45, 7) is 0.106. The normalized spacial score (nSPS) is 11.8. The summed E-state index contributed by atoms with van der Waals surface area (Å²) in [5.74, 6) is 5.36. The van der Waals surface area contributed by atoms with E-state index in [1.807, 2.05) is 30.3 Å². The number of carbonyl (C=O) groups excluding carboxylic acids is 1.